The van der Waals surface area contributed by atoms with E-state index in [1.54, 1.807) is 12.4 Å². The number of amides is 1. The van der Waals surface area contributed by atoms with E-state index in [0.29, 0.717) is 18.7 Å². The van der Waals surface area contributed by atoms with E-state index < -0.39 is 0 Å². The van der Waals surface area contributed by atoms with Crippen LogP contribution in [0.4, 0.5) is 5.95 Å². The molecule has 1 aromatic carbocycles. The van der Waals surface area contributed by atoms with Crippen molar-refractivity contribution in [3.05, 3.63) is 59.7 Å². The Kier molecular flexibility index (Phi) is 3.91. The highest BCUT2D eigenvalue weighted by Crippen LogP contribution is 2.26. The molecule has 1 aliphatic rings. The Morgan fingerprint density at radius 1 is 1.12 bits per heavy atom. The Morgan fingerprint density at radius 3 is 2.50 bits per heavy atom. The van der Waals surface area contributed by atoms with E-state index >= 15 is 0 Å². The van der Waals surface area contributed by atoms with Gasteiger partial charge in [0.1, 0.15) is 0 Å². The Morgan fingerprint density at radius 2 is 1.85 bits per heavy atom. The van der Waals surface area contributed by atoms with E-state index in [1.165, 1.54) is 0 Å². The molecule has 4 rings (SSSR count). The molecule has 3 aromatic rings. The molecule has 1 amide bonds. The number of hydrogen-bond acceptors (Lipinski definition) is 5. The van der Waals surface area contributed by atoms with Crippen molar-refractivity contribution < 1.29 is 4.79 Å². The van der Waals surface area contributed by atoms with Crippen LogP contribution in [0, 0.1) is 13.8 Å². The maximum atomic E-state index is 12.8. The number of anilines is 1. The lowest BCUT2D eigenvalue weighted by Gasteiger charge is -2.39. The van der Waals surface area contributed by atoms with E-state index in [1.807, 2.05) is 47.7 Å². The van der Waals surface area contributed by atoms with Gasteiger partial charge in [-0.15, -0.1) is 0 Å². The Balaban J connectivity index is 1.48. The van der Waals surface area contributed by atoms with Crippen LogP contribution in [0.25, 0.3) is 11.1 Å². The first-order valence-electron chi connectivity index (χ1n) is 8.51. The maximum absolute atomic E-state index is 12.8. The van der Waals surface area contributed by atoms with Crippen molar-refractivity contribution >= 4 is 11.9 Å². The minimum absolute atomic E-state index is 0.0287. The van der Waals surface area contributed by atoms with Crippen LogP contribution >= 0.6 is 0 Å². The number of aryl methyl sites for hydroxylation is 2. The maximum Gasteiger partial charge on any atom is 0.254 e. The quantitative estimate of drug-likeness (QED) is 0.784. The van der Waals surface area contributed by atoms with Gasteiger partial charge in [-0.1, -0.05) is 12.1 Å². The molecule has 2 aromatic heterocycles. The minimum Gasteiger partial charge on any atom is -0.368 e. The monoisotopic (exact) mass is 348 g/mol. The summed E-state index contributed by atoms with van der Waals surface area (Å²) in [5.41, 5.74) is 10.1. The first-order chi connectivity index (χ1) is 12.5. The summed E-state index contributed by atoms with van der Waals surface area (Å²) < 4.78 is 2.02. The van der Waals surface area contributed by atoms with Crippen molar-refractivity contribution in [1.82, 2.24) is 24.6 Å². The van der Waals surface area contributed by atoms with E-state index in [4.69, 9.17) is 5.73 Å². The van der Waals surface area contributed by atoms with Crippen LogP contribution in [0.1, 0.15) is 27.8 Å². The van der Waals surface area contributed by atoms with E-state index in [-0.39, 0.29) is 17.9 Å². The fraction of sp³-hybridized carbons (Fsp3) is 0.263. The number of rotatable bonds is 3. The first-order valence-corrected chi connectivity index (χ1v) is 8.51. The molecule has 26 heavy (non-hydrogen) atoms. The van der Waals surface area contributed by atoms with Crippen LogP contribution in [-0.4, -0.2) is 43.6 Å². The molecule has 0 spiro atoms. The molecule has 0 unspecified atom stereocenters. The molecule has 0 aliphatic carbocycles. The molecule has 0 saturated carbocycles. The third-order valence-corrected chi connectivity index (χ3v) is 4.65. The van der Waals surface area contributed by atoms with Crippen LogP contribution in [0.15, 0.2) is 42.7 Å². The highest BCUT2D eigenvalue weighted by molar-refractivity contribution is 5.96. The summed E-state index contributed by atoms with van der Waals surface area (Å²) in [5, 5.41) is 4.51. The van der Waals surface area contributed by atoms with Crippen molar-refractivity contribution in [2.24, 2.45) is 0 Å². The standard InChI is InChI=1S/C19H20N6O/c1-12-6-13(2)25(23-12)17-10-24(11-17)18(26)15-5-3-4-14(7-15)16-8-21-19(20)22-9-16/h3-9,17H,10-11H2,1-2H3,(H2,20,21,22). The van der Waals surface area contributed by atoms with Gasteiger partial charge in [0.2, 0.25) is 5.95 Å². The zero-order chi connectivity index (χ0) is 18.3. The molecular weight excluding hydrogens is 328 g/mol. The topological polar surface area (TPSA) is 89.9 Å². The molecule has 3 heterocycles. The number of aromatic nitrogens is 4. The summed E-state index contributed by atoms with van der Waals surface area (Å²) in [6, 6.07) is 9.82. The second-order valence-corrected chi connectivity index (χ2v) is 6.65. The lowest BCUT2D eigenvalue weighted by Crippen LogP contribution is -2.51. The van der Waals surface area contributed by atoms with Crippen molar-refractivity contribution in [2.45, 2.75) is 19.9 Å². The van der Waals surface area contributed by atoms with Crippen molar-refractivity contribution in [3.63, 3.8) is 0 Å². The highest BCUT2D eigenvalue weighted by Gasteiger charge is 2.33. The molecule has 1 fully saturated rings. The Labute approximate surface area is 151 Å². The second kappa shape index (κ2) is 6.25. The molecule has 0 atom stereocenters. The zero-order valence-electron chi connectivity index (χ0n) is 14.8. The SMILES string of the molecule is Cc1cc(C)n(C2CN(C(=O)c3cccc(-c4cnc(N)nc4)c3)C2)n1. The zero-order valence-corrected chi connectivity index (χ0v) is 14.8. The normalized spacial score (nSPS) is 14.3. The fourth-order valence-corrected chi connectivity index (χ4v) is 3.29. The summed E-state index contributed by atoms with van der Waals surface area (Å²) in [6.07, 6.45) is 3.32. The Hall–Kier alpha value is -3.22. The number of carbonyl (C=O) groups is 1. The minimum atomic E-state index is 0.0287. The van der Waals surface area contributed by atoms with Crippen LogP contribution in [0.2, 0.25) is 0 Å². The van der Waals surface area contributed by atoms with Gasteiger partial charge >= 0.3 is 0 Å². The third-order valence-electron chi connectivity index (χ3n) is 4.65. The van der Waals surface area contributed by atoms with Crippen LogP contribution in [0.3, 0.4) is 0 Å². The van der Waals surface area contributed by atoms with E-state index in [9.17, 15) is 4.79 Å². The average molecular weight is 348 g/mol. The summed E-state index contributed by atoms with van der Waals surface area (Å²) in [6.45, 7) is 5.38. The number of benzene rings is 1. The third kappa shape index (κ3) is 2.92. The molecular formula is C19H20N6O. The van der Waals surface area contributed by atoms with Gasteiger partial charge in [0, 0.05) is 42.3 Å². The molecule has 1 saturated heterocycles. The molecule has 132 valence electrons. The number of likely N-dealkylation sites (tertiary alicyclic amines) is 1. The van der Waals surface area contributed by atoms with Crippen molar-refractivity contribution in [1.29, 1.82) is 0 Å². The van der Waals surface area contributed by atoms with Gasteiger partial charge in [-0.2, -0.15) is 5.10 Å². The fourth-order valence-electron chi connectivity index (χ4n) is 3.29. The molecule has 0 bridgehead atoms. The summed E-state index contributed by atoms with van der Waals surface area (Å²) in [4.78, 5) is 22.6. The van der Waals surface area contributed by atoms with Crippen LogP contribution in [0.5, 0.6) is 0 Å². The number of hydrogen-bond donors (Lipinski definition) is 1. The summed E-state index contributed by atoms with van der Waals surface area (Å²) in [7, 11) is 0. The van der Waals surface area contributed by atoms with Gasteiger partial charge in [0.25, 0.3) is 5.91 Å². The average Bonchev–Trinajstić information content (AvgIpc) is 2.92. The largest absolute Gasteiger partial charge is 0.368 e. The smallest absolute Gasteiger partial charge is 0.254 e. The lowest BCUT2D eigenvalue weighted by atomic mass is 10.0. The molecule has 0 radical (unpaired) electrons. The molecule has 7 heteroatoms. The van der Waals surface area contributed by atoms with E-state index in [0.717, 1.165) is 22.5 Å². The van der Waals surface area contributed by atoms with Gasteiger partial charge in [0.05, 0.1) is 11.7 Å². The Bertz CT molecular complexity index is 956. The number of nitrogens with two attached hydrogens (primary N) is 1. The van der Waals surface area contributed by atoms with Gasteiger partial charge in [-0.05, 0) is 37.6 Å². The highest BCUT2D eigenvalue weighted by atomic mass is 16.2. The second-order valence-electron chi connectivity index (χ2n) is 6.65. The van der Waals surface area contributed by atoms with Crippen LogP contribution in [-0.2, 0) is 0 Å². The van der Waals surface area contributed by atoms with Crippen molar-refractivity contribution in [3.8, 4) is 11.1 Å². The summed E-state index contributed by atoms with van der Waals surface area (Å²) in [5.74, 6) is 0.262. The summed E-state index contributed by atoms with van der Waals surface area (Å²) >= 11 is 0. The first kappa shape index (κ1) is 16.3. The molecule has 2 N–H and O–H groups in total. The lowest BCUT2D eigenvalue weighted by molar-refractivity contribution is 0.0497. The number of nitrogen functional groups attached to an aromatic ring is 1. The van der Waals surface area contributed by atoms with Gasteiger partial charge < -0.3 is 10.6 Å². The number of carbonyl (C=O) groups excluding carboxylic acids is 1. The molecule has 1 aliphatic heterocycles. The van der Waals surface area contributed by atoms with E-state index in [2.05, 4.69) is 21.1 Å². The van der Waals surface area contributed by atoms with Crippen molar-refractivity contribution in [2.75, 3.05) is 18.8 Å². The number of nitrogens with zero attached hydrogens (tertiary/aromatic N) is 5. The van der Waals surface area contributed by atoms with Gasteiger partial charge in [0.15, 0.2) is 0 Å². The molecule has 7 nitrogen and oxygen atoms in total. The predicted octanol–water partition coefficient (Wildman–Crippen LogP) is 2.24. The predicted molar refractivity (Wildman–Crippen MR) is 98.5 cm³/mol. The van der Waals surface area contributed by atoms with Gasteiger partial charge in [-0.25, -0.2) is 9.97 Å². The van der Waals surface area contributed by atoms with Gasteiger partial charge in [-0.3, -0.25) is 9.48 Å². The van der Waals surface area contributed by atoms with Crippen LogP contribution < -0.4 is 5.73 Å².